The molecule has 17 heavy (non-hydrogen) atoms. The second-order valence-corrected chi connectivity index (χ2v) is 4.36. The molecule has 0 bridgehead atoms. The molecule has 2 rings (SSSR count). The van der Waals surface area contributed by atoms with E-state index >= 15 is 0 Å². The maximum absolute atomic E-state index is 4.61. The van der Waals surface area contributed by atoms with E-state index in [1.54, 1.807) is 0 Å². The highest BCUT2D eigenvalue weighted by Crippen LogP contribution is 2.22. The highest BCUT2D eigenvalue weighted by atomic mass is 14.7. The molecule has 0 fully saturated rings. The molecule has 0 atom stereocenters. The van der Waals surface area contributed by atoms with Gasteiger partial charge in [0.2, 0.25) is 0 Å². The Labute approximate surface area is 103 Å². The minimum atomic E-state index is 1.08. The van der Waals surface area contributed by atoms with Crippen molar-refractivity contribution < 1.29 is 0 Å². The predicted molar refractivity (Wildman–Crippen MR) is 74.3 cm³/mol. The van der Waals surface area contributed by atoms with Crippen molar-refractivity contribution in [1.82, 2.24) is 0 Å². The predicted octanol–water partition coefficient (Wildman–Crippen LogP) is 4.36. The van der Waals surface area contributed by atoms with Crippen LogP contribution < -0.4 is 0 Å². The van der Waals surface area contributed by atoms with Gasteiger partial charge in [-0.3, -0.25) is 4.99 Å². The van der Waals surface area contributed by atoms with Crippen molar-refractivity contribution in [2.45, 2.75) is 20.8 Å². The molecule has 0 radical (unpaired) electrons. The zero-order chi connectivity index (χ0) is 12.3. The van der Waals surface area contributed by atoms with Crippen molar-refractivity contribution >= 4 is 11.9 Å². The summed E-state index contributed by atoms with van der Waals surface area (Å²) in [5.74, 6) is 0. The summed E-state index contributed by atoms with van der Waals surface area (Å²) >= 11 is 0. The third kappa shape index (κ3) is 2.62. The van der Waals surface area contributed by atoms with E-state index in [1.165, 1.54) is 22.3 Å². The summed E-state index contributed by atoms with van der Waals surface area (Å²) in [6.07, 6.45) is 1.95. The summed E-state index contributed by atoms with van der Waals surface area (Å²) in [7, 11) is 0. The summed E-state index contributed by atoms with van der Waals surface area (Å²) in [5, 5.41) is 0. The summed E-state index contributed by atoms with van der Waals surface area (Å²) < 4.78 is 0. The Hall–Kier alpha value is -1.89. The van der Waals surface area contributed by atoms with Crippen molar-refractivity contribution in [2.24, 2.45) is 4.99 Å². The van der Waals surface area contributed by atoms with E-state index in [-0.39, 0.29) is 0 Å². The normalized spacial score (nSPS) is 11.0. The van der Waals surface area contributed by atoms with Gasteiger partial charge in [0.15, 0.2) is 0 Å². The van der Waals surface area contributed by atoms with Crippen molar-refractivity contribution in [3.63, 3.8) is 0 Å². The Morgan fingerprint density at radius 2 is 1.35 bits per heavy atom. The Bertz CT molecular complexity index is 533. The number of aliphatic imine (C=N–C) groups is 1. The summed E-state index contributed by atoms with van der Waals surface area (Å²) in [6.45, 7) is 6.29. The Balaban J connectivity index is 2.36. The van der Waals surface area contributed by atoms with Gasteiger partial charge in [0, 0.05) is 6.21 Å². The van der Waals surface area contributed by atoms with Crippen LogP contribution in [0.2, 0.25) is 0 Å². The first-order chi connectivity index (χ1) is 8.18. The second-order valence-electron chi connectivity index (χ2n) is 4.36. The van der Waals surface area contributed by atoms with Crippen LogP contribution in [0, 0.1) is 20.8 Å². The lowest BCUT2D eigenvalue weighted by molar-refractivity contribution is 1.33. The molecule has 0 aliphatic carbocycles. The topological polar surface area (TPSA) is 12.4 Å². The molecule has 0 aromatic heterocycles. The van der Waals surface area contributed by atoms with Crippen LogP contribution in [0.25, 0.3) is 0 Å². The molecule has 1 heteroatoms. The lowest BCUT2D eigenvalue weighted by Crippen LogP contribution is -1.86. The van der Waals surface area contributed by atoms with E-state index in [0.717, 1.165) is 5.69 Å². The van der Waals surface area contributed by atoms with Crippen LogP contribution >= 0.6 is 0 Å². The first kappa shape index (κ1) is 11.6. The minimum Gasteiger partial charge on any atom is -0.256 e. The fourth-order valence-corrected chi connectivity index (χ4v) is 1.88. The molecule has 0 saturated carbocycles. The van der Waals surface area contributed by atoms with E-state index < -0.39 is 0 Å². The van der Waals surface area contributed by atoms with Crippen LogP contribution in [-0.2, 0) is 0 Å². The molecule has 2 aromatic rings. The number of hydrogen-bond acceptors (Lipinski definition) is 1. The van der Waals surface area contributed by atoms with Crippen LogP contribution in [0.3, 0.4) is 0 Å². The monoisotopic (exact) mass is 223 g/mol. The van der Waals surface area contributed by atoms with E-state index in [1.807, 2.05) is 18.3 Å². The molecule has 1 nitrogen and oxygen atoms in total. The maximum Gasteiger partial charge on any atom is 0.0688 e. The van der Waals surface area contributed by atoms with Gasteiger partial charge in [-0.1, -0.05) is 42.5 Å². The molecular formula is C16H17N. The molecule has 0 heterocycles. The van der Waals surface area contributed by atoms with Crippen LogP contribution in [0.1, 0.15) is 22.3 Å². The van der Waals surface area contributed by atoms with Gasteiger partial charge in [-0.05, 0) is 43.0 Å². The first-order valence-corrected chi connectivity index (χ1v) is 5.84. The number of aryl methyl sites for hydroxylation is 3. The highest BCUT2D eigenvalue weighted by molar-refractivity contribution is 5.84. The number of para-hydroxylation sites is 1. The molecule has 0 amide bonds. The van der Waals surface area contributed by atoms with Crippen molar-refractivity contribution in [3.8, 4) is 0 Å². The highest BCUT2D eigenvalue weighted by Gasteiger charge is 1.99. The number of hydrogen-bond donors (Lipinski definition) is 0. The molecule has 0 saturated heterocycles. The van der Waals surface area contributed by atoms with E-state index in [0.29, 0.717) is 0 Å². The van der Waals surface area contributed by atoms with Gasteiger partial charge < -0.3 is 0 Å². The molecule has 2 aromatic carbocycles. The lowest BCUT2D eigenvalue weighted by Gasteiger charge is -2.04. The van der Waals surface area contributed by atoms with Gasteiger partial charge >= 0.3 is 0 Å². The zero-order valence-corrected chi connectivity index (χ0v) is 10.6. The molecule has 86 valence electrons. The van der Waals surface area contributed by atoms with E-state index in [2.05, 4.69) is 56.1 Å². The quantitative estimate of drug-likeness (QED) is 0.671. The number of nitrogens with zero attached hydrogens (tertiary/aromatic N) is 1. The van der Waals surface area contributed by atoms with Crippen molar-refractivity contribution in [3.05, 3.63) is 64.7 Å². The molecule has 0 aliphatic rings. The molecule has 0 aliphatic heterocycles. The number of benzene rings is 2. The van der Waals surface area contributed by atoms with Gasteiger partial charge in [-0.15, -0.1) is 0 Å². The molecule has 0 N–H and O–H groups in total. The largest absolute Gasteiger partial charge is 0.256 e. The molecule has 0 unspecified atom stereocenters. The molecular weight excluding hydrogens is 206 g/mol. The van der Waals surface area contributed by atoms with E-state index in [4.69, 9.17) is 0 Å². The fraction of sp³-hybridized carbons (Fsp3) is 0.188. The lowest BCUT2D eigenvalue weighted by atomic mass is 10.1. The van der Waals surface area contributed by atoms with Gasteiger partial charge in [0.05, 0.1) is 5.69 Å². The Kier molecular flexibility index (Phi) is 3.38. The Morgan fingerprint density at radius 3 is 2.00 bits per heavy atom. The fourth-order valence-electron chi connectivity index (χ4n) is 1.88. The average molecular weight is 223 g/mol. The minimum absolute atomic E-state index is 1.08. The summed E-state index contributed by atoms with van der Waals surface area (Å²) in [4.78, 5) is 4.61. The second kappa shape index (κ2) is 4.96. The standard InChI is InChI=1S/C16H17N/c1-12-7-4-5-10-15(12)11-17-16-13(2)8-6-9-14(16)3/h4-11H,1-3H3. The van der Waals surface area contributed by atoms with Gasteiger partial charge in [-0.25, -0.2) is 0 Å². The van der Waals surface area contributed by atoms with Crippen LogP contribution in [0.5, 0.6) is 0 Å². The van der Waals surface area contributed by atoms with Crippen LogP contribution in [0.4, 0.5) is 5.69 Å². The zero-order valence-electron chi connectivity index (χ0n) is 10.6. The molecule has 0 spiro atoms. The van der Waals surface area contributed by atoms with E-state index in [9.17, 15) is 0 Å². The van der Waals surface area contributed by atoms with Gasteiger partial charge in [0.1, 0.15) is 0 Å². The third-order valence-electron chi connectivity index (χ3n) is 2.96. The number of rotatable bonds is 2. The first-order valence-electron chi connectivity index (χ1n) is 5.84. The van der Waals surface area contributed by atoms with Gasteiger partial charge in [-0.2, -0.15) is 0 Å². The third-order valence-corrected chi connectivity index (χ3v) is 2.96. The summed E-state index contributed by atoms with van der Waals surface area (Å²) in [6, 6.07) is 14.5. The SMILES string of the molecule is Cc1ccccc1C=Nc1c(C)cccc1C. The van der Waals surface area contributed by atoms with Crippen LogP contribution in [-0.4, -0.2) is 6.21 Å². The summed E-state index contributed by atoms with van der Waals surface area (Å²) in [5.41, 5.74) is 5.94. The Morgan fingerprint density at radius 1 is 0.765 bits per heavy atom. The average Bonchev–Trinajstić information content (AvgIpc) is 2.30. The smallest absolute Gasteiger partial charge is 0.0688 e. The van der Waals surface area contributed by atoms with Crippen molar-refractivity contribution in [2.75, 3.05) is 0 Å². The van der Waals surface area contributed by atoms with Crippen LogP contribution in [0.15, 0.2) is 47.5 Å². The maximum atomic E-state index is 4.61. The van der Waals surface area contributed by atoms with Gasteiger partial charge in [0.25, 0.3) is 0 Å². The van der Waals surface area contributed by atoms with Crippen molar-refractivity contribution in [1.29, 1.82) is 0 Å².